The smallest absolute Gasteiger partial charge is 0.319 e. The number of hydrogen-bond donors (Lipinski definition) is 0. The number of carbonyl (C=O) groups is 1. The van der Waals surface area contributed by atoms with Crippen LogP contribution in [0.15, 0.2) is 0 Å². The van der Waals surface area contributed by atoms with E-state index >= 15 is 0 Å². The lowest BCUT2D eigenvalue weighted by Crippen LogP contribution is -2.51. The molecule has 4 nitrogen and oxygen atoms in total. The summed E-state index contributed by atoms with van der Waals surface area (Å²) in [6.07, 6.45) is 2.06. The molecule has 0 saturated carbocycles. The van der Waals surface area contributed by atoms with E-state index in [-0.39, 0.29) is 6.03 Å². The van der Waals surface area contributed by atoms with Crippen LogP contribution < -0.4 is 0 Å². The van der Waals surface area contributed by atoms with Gasteiger partial charge >= 0.3 is 6.03 Å². The Morgan fingerprint density at radius 1 is 1.33 bits per heavy atom. The molecule has 0 N–H and O–H groups in total. The molecule has 0 aromatic heterocycles. The zero-order chi connectivity index (χ0) is 11.3. The Hall–Kier alpha value is -0.420. The fourth-order valence-corrected chi connectivity index (χ4v) is 2.02. The summed E-state index contributed by atoms with van der Waals surface area (Å²) in [5, 5.41) is 0. The summed E-state index contributed by atoms with van der Waals surface area (Å²) in [6, 6.07) is 0.178. The van der Waals surface area contributed by atoms with Crippen LogP contribution in [-0.4, -0.2) is 79.6 Å². The minimum atomic E-state index is 0.178. The number of rotatable bonds is 3. The summed E-state index contributed by atoms with van der Waals surface area (Å²) >= 11 is 1.77. The van der Waals surface area contributed by atoms with Gasteiger partial charge in [-0.2, -0.15) is 11.8 Å². The van der Waals surface area contributed by atoms with Crippen molar-refractivity contribution in [2.24, 2.45) is 0 Å². The van der Waals surface area contributed by atoms with Crippen LogP contribution in [0.2, 0.25) is 0 Å². The van der Waals surface area contributed by atoms with Crippen molar-refractivity contribution in [1.29, 1.82) is 0 Å². The largest absolute Gasteiger partial charge is 0.327 e. The quantitative estimate of drug-likeness (QED) is 0.713. The molecule has 88 valence electrons. The summed E-state index contributed by atoms with van der Waals surface area (Å²) in [6.45, 7) is 4.54. The van der Waals surface area contributed by atoms with E-state index in [0.717, 1.165) is 38.5 Å². The number of amides is 2. The molecule has 0 bridgehead atoms. The number of carbonyl (C=O) groups excluding carboxylic acids is 1. The summed E-state index contributed by atoms with van der Waals surface area (Å²) < 4.78 is 0. The van der Waals surface area contributed by atoms with Gasteiger partial charge in [0.2, 0.25) is 0 Å². The van der Waals surface area contributed by atoms with Gasteiger partial charge in [0.05, 0.1) is 0 Å². The van der Waals surface area contributed by atoms with Gasteiger partial charge in [-0.15, -0.1) is 0 Å². The van der Waals surface area contributed by atoms with Gasteiger partial charge in [-0.3, -0.25) is 0 Å². The average Bonchev–Trinajstić information content (AvgIpc) is 2.26. The molecule has 0 atom stereocenters. The Kier molecular flexibility index (Phi) is 5.25. The maximum atomic E-state index is 11.9. The molecule has 0 unspecified atom stereocenters. The van der Waals surface area contributed by atoms with E-state index in [0.29, 0.717) is 0 Å². The third-order valence-electron chi connectivity index (χ3n) is 2.73. The lowest BCUT2D eigenvalue weighted by atomic mass is 10.3. The zero-order valence-electron chi connectivity index (χ0n) is 9.90. The van der Waals surface area contributed by atoms with Gasteiger partial charge in [-0.25, -0.2) is 4.79 Å². The Labute approximate surface area is 96.6 Å². The van der Waals surface area contributed by atoms with Gasteiger partial charge < -0.3 is 14.7 Å². The molecule has 1 heterocycles. The van der Waals surface area contributed by atoms with Crippen molar-refractivity contribution in [2.75, 3.05) is 58.8 Å². The number of nitrogens with zero attached hydrogens (tertiary/aromatic N) is 3. The summed E-state index contributed by atoms with van der Waals surface area (Å²) in [7, 11) is 3.98. The predicted molar refractivity (Wildman–Crippen MR) is 65.5 cm³/mol. The van der Waals surface area contributed by atoms with E-state index in [9.17, 15) is 4.79 Å². The van der Waals surface area contributed by atoms with Gasteiger partial charge in [0.1, 0.15) is 0 Å². The fourth-order valence-electron chi connectivity index (χ4n) is 1.56. The second-order valence-electron chi connectivity index (χ2n) is 3.99. The van der Waals surface area contributed by atoms with E-state index in [1.54, 1.807) is 11.8 Å². The van der Waals surface area contributed by atoms with Crippen molar-refractivity contribution in [3.05, 3.63) is 0 Å². The molecule has 2 amide bonds. The highest BCUT2D eigenvalue weighted by Crippen LogP contribution is 2.04. The average molecular weight is 231 g/mol. The van der Waals surface area contributed by atoms with Crippen LogP contribution in [0.1, 0.15) is 0 Å². The van der Waals surface area contributed by atoms with Gasteiger partial charge in [0.25, 0.3) is 0 Å². The van der Waals surface area contributed by atoms with E-state index in [1.807, 2.05) is 16.8 Å². The van der Waals surface area contributed by atoms with Crippen LogP contribution in [0.3, 0.4) is 0 Å². The van der Waals surface area contributed by atoms with Crippen molar-refractivity contribution >= 4 is 17.8 Å². The zero-order valence-corrected chi connectivity index (χ0v) is 10.7. The van der Waals surface area contributed by atoms with Gasteiger partial charge in [0, 0.05) is 45.5 Å². The minimum absolute atomic E-state index is 0.178. The van der Waals surface area contributed by atoms with E-state index in [4.69, 9.17) is 0 Å². The lowest BCUT2D eigenvalue weighted by Gasteiger charge is -2.34. The van der Waals surface area contributed by atoms with Crippen LogP contribution in [0.25, 0.3) is 0 Å². The molecule has 1 saturated heterocycles. The first-order valence-corrected chi connectivity index (χ1v) is 6.72. The molecule has 1 aliphatic rings. The summed E-state index contributed by atoms with van der Waals surface area (Å²) in [4.78, 5) is 18.0. The third-order valence-corrected chi connectivity index (χ3v) is 3.32. The predicted octanol–water partition coefficient (Wildman–Crippen LogP) is 0.649. The first-order valence-electron chi connectivity index (χ1n) is 5.32. The molecule has 1 rings (SSSR count). The number of likely N-dealkylation sites (N-methyl/N-ethyl adjacent to an activating group) is 1. The molecule has 0 aromatic carbocycles. The summed E-state index contributed by atoms with van der Waals surface area (Å²) in [5.41, 5.74) is 0. The molecule has 1 fully saturated rings. The van der Waals surface area contributed by atoms with E-state index in [2.05, 4.69) is 18.2 Å². The fraction of sp³-hybridized carbons (Fsp3) is 0.900. The molecule has 0 aromatic rings. The van der Waals surface area contributed by atoms with Crippen molar-refractivity contribution in [2.45, 2.75) is 0 Å². The number of thioether (sulfide) groups is 1. The van der Waals surface area contributed by atoms with E-state index < -0.39 is 0 Å². The van der Waals surface area contributed by atoms with Gasteiger partial charge in [-0.05, 0) is 13.3 Å². The molecule has 0 radical (unpaired) electrons. The van der Waals surface area contributed by atoms with Crippen LogP contribution in [0.5, 0.6) is 0 Å². The van der Waals surface area contributed by atoms with Crippen molar-refractivity contribution < 1.29 is 4.79 Å². The highest BCUT2D eigenvalue weighted by atomic mass is 32.2. The molecule has 1 aliphatic heterocycles. The molecule has 15 heavy (non-hydrogen) atoms. The topological polar surface area (TPSA) is 26.8 Å². The SMILES string of the molecule is CSCCN(C)C(=O)N1CCN(C)CC1. The standard InChI is InChI=1S/C10H21N3OS/c1-11-4-6-13(7-5-11)10(14)12(2)8-9-15-3/h4-9H2,1-3H3. The van der Waals surface area contributed by atoms with Crippen LogP contribution >= 0.6 is 11.8 Å². The second-order valence-corrected chi connectivity index (χ2v) is 4.97. The first-order chi connectivity index (χ1) is 7.15. The van der Waals surface area contributed by atoms with Gasteiger partial charge in [-0.1, -0.05) is 0 Å². The van der Waals surface area contributed by atoms with Gasteiger partial charge in [0.15, 0.2) is 0 Å². The van der Waals surface area contributed by atoms with Crippen molar-refractivity contribution in [3.8, 4) is 0 Å². The molecular weight excluding hydrogens is 210 g/mol. The maximum Gasteiger partial charge on any atom is 0.319 e. The Morgan fingerprint density at radius 2 is 1.93 bits per heavy atom. The Balaban J connectivity index is 2.32. The van der Waals surface area contributed by atoms with Crippen LogP contribution in [-0.2, 0) is 0 Å². The molecule has 0 spiro atoms. The molecule has 5 heteroatoms. The second kappa shape index (κ2) is 6.23. The Morgan fingerprint density at radius 3 is 2.47 bits per heavy atom. The lowest BCUT2D eigenvalue weighted by molar-refractivity contribution is 0.131. The normalized spacial score (nSPS) is 17.9. The molecule has 0 aliphatic carbocycles. The van der Waals surface area contributed by atoms with Crippen LogP contribution in [0, 0.1) is 0 Å². The monoisotopic (exact) mass is 231 g/mol. The maximum absolute atomic E-state index is 11.9. The highest BCUT2D eigenvalue weighted by molar-refractivity contribution is 7.98. The van der Waals surface area contributed by atoms with Crippen LogP contribution in [0.4, 0.5) is 4.79 Å². The molecular formula is C10H21N3OS. The number of hydrogen-bond acceptors (Lipinski definition) is 3. The first kappa shape index (κ1) is 12.6. The minimum Gasteiger partial charge on any atom is -0.327 e. The van der Waals surface area contributed by atoms with E-state index in [1.165, 1.54) is 0 Å². The van der Waals surface area contributed by atoms with Crippen molar-refractivity contribution in [1.82, 2.24) is 14.7 Å². The Bertz CT molecular complexity index is 205. The number of piperazine rings is 1. The third kappa shape index (κ3) is 3.91. The summed E-state index contributed by atoms with van der Waals surface area (Å²) in [5.74, 6) is 1.01. The van der Waals surface area contributed by atoms with Crippen molar-refractivity contribution in [3.63, 3.8) is 0 Å². The number of urea groups is 1. The highest BCUT2D eigenvalue weighted by Gasteiger charge is 2.21.